The fraction of sp³-hybridized carbons (Fsp3) is 0.200. The summed E-state index contributed by atoms with van der Waals surface area (Å²) in [5, 5.41) is 0. The molecule has 0 spiro atoms. The number of rotatable bonds is 2. The Labute approximate surface area is 95.0 Å². The van der Waals surface area contributed by atoms with Gasteiger partial charge in [-0.15, -0.1) is 0 Å². The lowest BCUT2D eigenvalue weighted by atomic mass is 10.4. The number of halogens is 1. The van der Waals surface area contributed by atoms with Crippen LogP contribution in [0.4, 0.5) is 0 Å². The molecule has 0 aliphatic rings. The molecule has 0 aromatic carbocycles. The van der Waals surface area contributed by atoms with Gasteiger partial charge in [-0.2, -0.15) is 0 Å². The van der Waals surface area contributed by atoms with E-state index >= 15 is 0 Å². The van der Waals surface area contributed by atoms with Crippen molar-refractivity contribution in [2.24, 2.45) is 0 Å². The second-order valence-electron chi connectivity index (χ2n) is 3.08. The average Bonchev–Trinajstić information content (AvgIpc) is 2.61. The summed E-state index contributed by atoms with van der Waals surface area (Å²) in [5.74, 6) is -0.271. The molecule has 0 aliphatic heterocycles. The smallest absolute Gasteiger partial charge is 0.325 e. The minimum Gasteiger partial charge on any atom is -0.468 e. The lowest BCUT2D eigenvalue weighted by Gasteiger charge is -2.03. The minimum absolute atomic E-state index is 0.206. The molecule has 0 saturated carbocycles. The molecule has 0 N–H and O–H groups in total. The number of carbonyl (C=O) groups is 1. The normalized spacial score (nSPS) is 10.5. The number of pyridine rings is 1. The van der Waals surface area contributed by atoms with Gasteiger partial charge in [0, 0.05) is 16.9 Å². The maximum Gasteiger partial charge on any atom is 0.325 e. The van der Waals surface area contributed by atoms with Crippen LogP contribution in [-0.4, -0.2) is 22.6 Å². The Balaban J connectivity index is 2.43. The lowest BCUT2D eigenvalue weighted by molar-refractivity contribution is -0.141. The third-order valence-electron chi connectivity index (χ3n) is 2.11. The van der Waals surface area contributed by atoms with Crippen LogP contribution in [0.3, 0.4) is 0 Å². The number of nitrogens with zero attached hydrogens (tertiary/aromatic N) is 2. The third-order valence-corrected chi connectivity index (χ3v) is 2.55. The summed E-state index contributed by atoms with van der Waals surface area (Å²) < 4.78 is 7.30. The summed E-state index contributed by atoms with van der Waals surface area (Å²) in [5.41, 5.74) is 1.77. The number of aromatic nitrogens is 2. The van der Waals surface area contributed by atoms with E-state index in [1.807, 2.05) is 18.3 Å². The molecule has 0 saturated heterocycles. The molecule has 4 nitrogen and oxygen atoms in total. The van der Waals surface area contributed by atoms with Gasteiger partial charge in [-0.05, 0) is 28.1 Å². The molecule has 0 unspecified atom stereocenters. The van der Waals surface area contributed by atoms with Gasteiger partial charge in [-0.1, -0.05) is 0 Å². The number of hydrogen-bond donors (Lipinski definition) is 0. The van der Waals surface area contributed by atoms with Gasteiger partial charge in [0.25, 0.3) is 0 Å². The van der Waals surface area contributed by atoms with Gasteiger partial charge in [0.2, 0.25) is 0 Å². The molecule has 0 amide bonds. The van der Waals surface area contributed by atoms with Gasteiger partial charge in [-0.25, -0.2) is 0 Å². The van der Waals surface area contributed by atoms with Gasteiger partial charge >= 0.3 is 5.97 Å². The predicted octanol–water partition coefficient (Wildman–Crippen LogP) is 1.97. The first-order valence-electron chi connectivity index (χ1n) is 4.38. The molecule has 0 aliphatic carbocycles. The molecule has 2 heterocycles. The van der Waals surface area contributed by atoms with E-state index in [2.05, 4.69) is 25.7 Å². The summed E-state index contributed by atoms with van der Waals surface area (Å²) in [6.07, 6.45) is 3.55. The number of methoxy groups -OCH3 is 1. The maximum absolute atomic E-state index is 11.1. The Morgan fingerprint density at radius 2 is 2.47 bits per heavy atom. The van der Waals surface area contributed by atoms with E-state index in [-0.39, 0.29) is 12.5 Å². The zero-order valence-corrected chi connectivity index (χ0v) is 9.69. The number of fused-ring (bicyclic) bond motifs is 1. The molecule has 78 valence electrons. The van der Waals surface area contributed by atoms with Crippen LogP contribution in [-0.2, 0) is 16.1 Å². The van der Waals surface area contributed by atoms with Crippen molar-refractivity contribution in [3.63, 3.8) is 0 Å². The number of hydrogen-bond acceptors (Lipinski definition) is 3. The summed E-state index contributed by atoms with van der Waals surface area (Å²) in [6, 6.07) is 3.79. The molecule has 0 bridgehead atoms. The quantitative estimate of drug-likeness (QED) is 0.783. The molecule has 2 aromatic heterocycles. The average molecular weight is 269 g/mol. The van der Waals surface area contributed by atoms with Crippen LogP contribution in [0.2, 0.25) is 0 Å². The molecule has 5 heteroatoms. The fourth-order valence-electron chi connectivity index (χ4n) is 1.38. The summed E-state index contributed by atoms with van der Waals surface area (Å²) in [4.78, 5) is 15.3. The van der Waals surface area contributed by atoms with E-state index in [0.29, 0.717) is 0 Å². The molecule has 2 aromatic rings. The van der Waals surface area contributed by atoms with Crippen LogP contribution >= 0.6 is 15.9 Å². The zero-order valence-electron chi connectivity index (χ0n) is 8.11. The molecule has 0 radical (unpaired) electrons. The van der Waals surface area contributed by atoms with Crippen molar-refractivity contribution < 1.29 is 9.53 Å². The topological polar surface area (TPSA) is 44.1 Å². The van der Waals surface area contributed by atoms with Crippen molar-refractivity contribution in [1.29, 1.82) is 0 Å². The van der Waals surface area contributed by atoms with Crippen LogP contribution in [0.15, 0.2) is 29.0 Å². The Morgan fingerprint density at radius 3 is 3.20 bits per heavy atom. The Bertz CT molecular complexity index is 507. The van der Waals surface area contributed by atoms with Crippen LogP contribution in [0.1, 0.15) is 0 Å². The van der Waals surface area contributed by atoms with E-state index in [0.717, 1.165) is 15.5 Å². The Morgan fingerprint density at radius 1 is 1.67 bits per heavy atom. The van der Waals surface area contributed by atoms with Crippen molar-refractivity contribution in [2.45, 2.75) is 6.54 Å². The molecular formula is C10H9BrN2O2. The molecule has 0 fully saturated rings. The van der Waals surface area contributed by atoms with Crippen LogP contribution < -0.4 is 0 Å². The number of carbonyl (C=O) groups excluding carboxylic acids is 1. The maximum atomic E-state index is 11.1. The first-order chi connectivity index (χ1) is 7.20. The highest BCUT2D eigenvalue weighted by molar-refractivity contribution is 9.10. The highest BCUT2D eigenvalue weighted by atomic mass is 79.9. The van der Waals surface area contributed by atoms with Crippen molar-refractivity contribution in [3.05, 3.63) is 29.0 Å². The number of ether oxygens (including phenoxy) is 1. The van der Waals surface area contributed by atoms with Crippen LogP contribution in [0, 0.1) is 0 Å². The monoisotopic (exact) mass is 268 g/mol. The van der Waals surface area contributed by atoms with E-state index in [9.17, 15) is 4.79 Å². The second-order valence-corrected chi connectivity index (χ2v) is 3.99. The van der Waals surface area contributed by atoms with E-state index in [1.54, 1.807) is 10.8 Å². The predicted molar refractivity (Wildman–Crippen MR) is 59.4 cm³/mol. The fourth-order valence-corrected chi connectivity index (χ4v) is 1.70. The lowest BCUT2D eigenvalue weighted by Crippen LogP contribution is -2.10. The Hall–Kier alpha value is -1.36. The molecular weight excluding hydrogens is 260 g/mol. The Kier molecular flexibility index (Phi) is 2.73. The van der Waals surface area contributed by atoms with Gasteiger partial charge in [0.1, 0.15) is 6.54 Å². The molecule has 15 heavy (non-hydrogen) atoms. The third kappa shape index (κ3) is 2.02. The molecule has 0 atom stereocenters. The largest absolute Gasteiger partial charge is 0.468 e. The van der Waals surface area contributed by atoms with Crippen LogP contribution in [0.25, 0.3) is 11.0 Å². The minimum atomic E-state index is -0.271. The highest BCUT2D eigenvalue weighted by Gasteiger charge is 2.06. The van der Waals surface area contributed by atoms with Gasteiger partial charge < -0.3 is 9.30 Å². The van der Waals surface area contributed by atoms with Crippen molar-refractivity contribution in [1.82, 2.24) is 9.55 Å². The van der Waals surface area contributed by atoms with E-state index < -0.39 is 0 Å². The highest BCUT2D eigenvalue weighted by Crippen LogP contribution is 2.18. The van der Waals surface area contributed by atoms with E-state index in [1.165, 1.54) is 7.11 Å². The van der Waals surface area contributed by atoms with E-state index in [4.69, 9.17) is 0 Å². The summed E-state index contributed by atoms with van der Waals surface area (Å²) in [6.45, 7) is 0.206. The molecule has 2 rings (SSSR count). The van der Waals surface area contributed by atoms with Crippen LogP contribution in [0.5, 0.6) is 0 Å². The standard InChI is InChI=1S/C10H9BrN2O2/c1-15-10(14)6-13-3-2-8-9(13)4-7(11)5-12-8/h2-5H,6H2,1H3. The first kappa shape index (κ1) is 10.2. The van der Waals surface area contributed by atoms with Crippen molar-refractivity contribution in [3.8, 4) is 0 Å². The summed E-state index contributed by atoms with van der Waals surface area (Å²) >= 11 is 3.34. The summed E-state index contributed by atoms with van der Waals surface area (Å²) in [7, 11) is 1.38. The van der Waals surface area contributed by atoms with Gasteiger partial charge in [-0.3, -0.25) is 9.78 Å². The number of esters is 1. The van der Waals surface area contributed by atoms with Gasteiger partial charge in [0.15, 0.2) is 0 Å². The van der Waals surface area contributed by atoms with Crippen molar-refractivity contribution >= 4 is 32.9 Å². The van der Waals surface area contributed by atoms with Gasteiger partial charge in [0.05, 0.1) is 18.1 Å². The second kappa shape index (κ2) is 4.02. The first-order valence-corrected chi connectivity index (χ1v) is 5.17. The SMILES string of the molecule is COC(=O)Cn1ccc2ncc(Br)cc21. The zero-order chi connectivity index (χ0) is 10.8. The van der Waals surface area contributed by atoms with Crippen molar-refractivity contribution in [2.75, 3.05) is 7.11 Å².